The maximum atomic E-state index is 6.15. The number of hydrogen-bond donors (Lipinski definition) is 3. The second-order valence-electron chi connectivity index (χ2n) is 7.97. The fourth-order valence-corrected chi connectivity index (χ4v) is 4.97. The Balaban J connectivity index is 1.31. The number of benzene rings is 1. The highest BCUT2D eigenvalue weighted by Gasteiger charge is 2.36. The normalized spacial score (nSPS) is 26.3. The van der Waals surface area contributed by atoms with Crippen molar-refractivity contribution < 1.29 is 0 Å². The Hall–Kier alpha value is -1.72. The Kier molecular flexibility index (Phi) is 5.60. The summed E-state index contributed by atoms with van der Waals surface area (Å²) < 4.78 is 0. The molecule has 0 spiro atoms. The van der Waals surface area contributed by atoms with Crippen LogP contribution in [0.1, 0.15) is 37.7 Å². The Morgan fingerprint density at radius 3 is 2.81 bits per heavy atom. The quantitative estimate of drug-likeness (QED) is 0.555. The standard InChI is InChI=1S/C21H30ClN5/c1-23-21(26-16-11-17-4-3-5-18(12-16)27(17)2)24-9-8-14-13-25-20-7-6-15(22)10-19(14)20/h6-7,10,13,16-18,25H,3-5,8-9,11-12H2,1-2H3,(H2,23,24,26). The van der Waals surface area contributed by atoms with Crippen molar-refractivity contribution >= 4 is 28.5 Å². The van der Waals surface area contributed by atoms with E-state index in [0.717, 1.165) is 41.5 Å². The van der Waals surface area contributed by atoms with Crippen molar-refractivity contribution in [1.82, 2.24) is 20.5 Å². The van der Waals surface area contributed by atoms with Crippen LogP contribution >= 0.6 is 11.6 Å². The third-order valence-corrected chi connectivity index (χ3v) is 6.56. The smallest absolute Gasteiger partial charge is 0.191 e. The summed E-state index contributed by atoms with van der Waals surface area (Å²) in [6.45, 7) is 0.846. The second-order valence-corrected chi connectivity index (χ2v) is 8.41. The predicted molar refractivity (Wildman–Crippen MR) is 114 cm³/mol. The van der Waals surface area contributed by atoms with Gasteiger partial charge in [-0.25, -0.2) is 0 Å². The summed E-state index contributed by atoms with van der Waals surface area (Å²) in [7, 11) is 4.15. The third kappa shape index (κ3) is 4.09. The van der Waals surface area contributed by atoms with E-state index < -0.39 is 0 Å². The van der Waals surface area contributed by atoms with E-state index in [2.05, 4.69) is 38.8 Å². The van der Waals surface area contributed by atoms with Gasteiger partial charge in [0.2, 0.25) is 0 Å². The van der Waals surface area contributed by atoms with Crippen LogP contribution in [0, 0.1) is 0 Å². The van der Waals surface area contributed by atoms with Crippen LogP contribution in [0.4, 0.5) is 0 Å². The summed E-state index contributed by atoms with van der Waals surface area (Å²) in [6, 6.07) is 7.97. The number of aromatic nitrogens is 1. The Bertz CT molecular complexity index is 800. The van der Waals surface area contributed by atoms with E-state index in [1.165, 1.54) is 43.1 Å². The van der Waals surface area contributed by atoms with Crippen LogP contribution in [-0.2, 0) is 6.42 Å². The minimum absolute atomic E-state index is 0.523. The average molecular weight is 388 g/mol. The molecule has 2 aliphatic rings. The zero-order valence-electron chi connectivity index (χ0n) is 16.3. The van der Waals surface area contributed by atoms with Gasteiger partial charge in [-0.1, -0.05) is 18.0 Å². The lowest BCUT2D eigenvalue weighted by Crippen LogP contribution is -2.56. The Labute approximate surface area is 166 Å². The number of rotatable bonds is 4. The van der Waals surface area contributed by atoms with Gasteiger partial charge in [-0.3, -0.25) is 4.99 Å². The van der Waals surface area contributed by atoms with Crippen molar-refractivity contribution in [3.8, 4) is 0 Å². The molecule has 6 heteroatoms. The van der Waals surface area contributed by atoms with Crippen LogP contribution in [0.25, 0.3) is 10.9 Å². The zero-order chi connectivity index (χ0) is 18.8. The molecule has 3 N–H and O–H groups in total. The first-order valence-corrected chi connectivity index (χ1v) is 10.5. The molecule has 0 saturated carbocycles. The number of nitrogens with zero attached hydrogens (tertiary/aromatic N) is 2. The number of H-pyrrole nitrogens is 1. The molecular formula is C21H30ClN5. The van der Waals surface area contributed by atoms with E-state index >= 15 is 0 Å². The predicted octanol–water partition coefficient (Wildman–Crippen LogP) is 3.54. The monoisotopic (exact) mass is 387 g/mol. The lowest BCUT2D eigenvalue weighted by Gasteiger charge is -2.47. The molecule has 4 rings (SSSR count). The number of piperidine rings is 2. The summed E-state index contributed by atoms with van der Waals surface area (Å²) in [6.07, 6.45) is 9.49. The molecule has 2 aromatic rings. The van der Waals surface area contributed by atoms with Crippen LogP contribution < -0.4 is 10.6 Å². The van der Waals surface area contributed by atoms with Crippen LogP contribution in [0.5, 0.6) is 0 Å². The second kappa shape index (κ2) is 8.11. The number of aromatic amines is 1. The average Bonchev–Trinajstić information content (AvgIpc) is 3.04. The van der Waals surface area contributed by atoms with Gasteiger partial charge in [0.15, 0.2) is 5.96 Å². The molecule has 27 heavy (non-hydrogen) atoms. The van der Waals surface area contributed by atoms with Gasteiger partial charge in [0.05, 0.1) is 0 Å². The van der Waals surface area contributed by atoms with E-state index in [4.69, 9.17) is 11.6 Å². The topological polar surface area (TPSA) is 55.5 Å². The first kappa shape index (κ1) is 18.6. The number of guanidine groups is 1. The highest BCUT2D eigenvalue weighted by Crippen LogP contribution is 2.32. The van der Waals surface area contributed by atoms with Crippen molar-refractivity contribution in [1.29, 1.82) is 0 Å². The molecule has 2 aliphatic heterocycles. The zero-order valence-corrected chi connectivity index (χ0v) is 17.0. The van der Waals surface area contributed by atoms with Crippen molar-refractivity contribution in [3.63, 3.8) is 0 Å². The van der Waals surface area contributed by atoms with E-state index in [0.29, 0.717) is 6.04 Å². The highest BCUT2D eigenvalue weighted by molar-refractivity contribution is 6.31. The van der Waals surface area contributed by atoms with Crippen LogP contribution in [0.15, 0.2) is 29.4 Å². The summed E-state index contributed by atoms with van der Waals surface area (Å²) >= 11 is 6.15. The highest BCUT2D eigenvalue weighted by atomic mass is 35.5. The van der Waals surface area contributed by atoms with Gasteiger partial charge in [-0.15, -0.1) is 0 Å². The van der Waals surface area contributed by atoms with Gasteiger partial charge in [-0.2, -0.15) is 0 Å². The lowest BCUT2D eigenvalue weighted by molar-refractivity contribution is 0.0526. The number of hydrogen-bond acceptors (Lipinski definition) is 2. The fraction of sp³-hybridized carbons (Fsp3) is 0.571. The van der Waals surface area contributed by atoms with Gasteiger partial charge >= 0.3 is 0 Å². The molecule has 0 radical (unpaired) electrons. The third-order valence-electron chi connectivity index (χ3n) is 6.32. The molecule has 1 aromatic carbocycles. The van der Waals surface area contributed by atoms with Gasteiger partial charge in [0.1, 0.15) is 0 Å². The molecular weight excluding hydrogens is 358 g/mol. The van der Waals surface area contributed by atoms with E-state index in [9.17, 15) is 0 Å². The van der Waals surface area contributed by atoms with E-state index in [-0.39, 0.29) is 0 Å². The molecule has 2 fully saturated rings. The SMILES string of the molecule is CN=C(NCCc1c[nH]c2ccc(Cl)cc12)NC1CC2CCCC(C1)N2C. The van der Waals surface area contributed by atoms with Crippen molar-refractivity contribution in [3.05, 3.63) is 35.0 Å². The molecule has 0 amide bonds. The largest absolute Gasteiger partial charge is 0.361 e. The van der Waals surface area contributed by atoms with Crippen molar-refractivity contribution in [2.75, 3.05) is 20.6 Å². The molecule has 146 valence electrons. The van der Waals surface area contributed by atoms with Crippen molar-refractivity contribution in [2.24, 2.45) is 4.99 Å². The van der Waals surface area contributed by atoms with Crippen LogP contribution in [0.2, 0.25) is 5.02 Å². The maximum Gasteiger partial charge on any atom is 0.191 e. The summed E-state index contributed by atoms with van der Waals surface area (Å²) in [5, 5.41) is 9.14. The van der Waals surface area contributed by atoms with Gasteiger partial charge in [0.25, 0.3) is 0 Å². The summed E-state index contributed by atoms with van der Waals surface area (Å²) in [4.78, 5) is 10.4. The van der Waals surface area contributed by atoms with Gasteiger partial charge in [0, 0.05) is 53.8 Å². The summed E-state index contributed by atoms with van der Waals surface area (Å²) in [5.41, 5.74) is 2.42. The van der Waals surface area contributed by atoms with Crippen LogP contribution in [0.3, 0.4) is 0 Å². The number of aliphatic imine (C=N–C) groups is 1. The van der Waals surface area contributed by atoms with E-state index in [1.54, 1.807) is 0 Å². The Morgan fingerprint density at radius 2 is 2.07 bits per heavy atom. The molecule has 5 nitrogen and oxygen atoms in total. The Morgan fingerprint density at radius 1 is 1.30 bits per heavy atom. The molecule has 1 aromatic heterocycles. The van der Waals surface area contributed by atoms with Crippen molar-refractivity contribution in [2.45, 2.75) is 56.7 Å². The first-order chi connectivity index (χ1) is 13.1. The van der Waals surface area contributed by atoms with Crippen LogP contribution in [-0.4, -0.2) is 54.6 Å². The molecule has 2 atom stereocenters. The first-order valence-electron chi connectivity index (χ1n) is 10.1. The van der Waals surface area contributed by atoms with Gasteiger partial charge < -0.3 is 20.5 Å². The molecule has 2 bridgehead atoms. The lowest BCUT2D eigenvalue weighted by atomic mass is 9.82. The maximum absolute atomic E-state index is 6.15. The number of fused-ring (bicyclic) bond motifs is 3. The minimum atomic E-state index is 0.523. The molecule has 3 heterocycles. The number of halogens is 1. The molecule has 0 aliphatic carbocycles. The minimum Gasteiger partial charge on any atom is -0.361 e. The molecule has 2 saturated heterocycles. The van der Waals surface area contributed by atoms with Gasteiger partial charge in [-0.05, 0) is 62.9 Å². The summed E-state index contributed by atoms with van der Waals surface area (Å²) in [5.74, 6) is 0.917. The fourth-order valence-electron chi connectivity index (χ4n) is 4.79. The molecule has 2 unspecified atom stereocenters. The number of nitrogens with one attached hydrogen (secondary N) is 3. The van der Waals surface area contributed by atoms with E-state index in [1.807, 2.05) is 25.2 Å².